The predicted molar refractivity (Wildman–Crippen MR) is 124 cm³/mol. The van der Waals surface area contributed by atoms with Gasteiger partial charge in [-0.1, -0.05) is 36.4 Å². The monoisotopic (exact) mass is 456 g/mol. The number of benzene rings is 2. The topological polar surface area (TPSA) is 114 Å². The van der Waals surface area contributed by atoms with Gasteiger partial charge in [0.15, 0.2) is 5.84 Å². The highest BCUT2D eigenvalue weighted by Crippen LogP contribution is 2.32. The van der Waals surface area contributed by atoms with E-state index in [4.69, 9.17) is 10.5 Å². The number of likely N-dealkylation sites (tertiary alicyclic amines) is 1. The average molecular weight is 457 g/mol. The normalized spacial score (nSPS) is 20.0. The molecule has 2 aliphatic rings. The molecule has 0 radical (unpaired) electrons. The van der Waals surface area contributed by atoms with Gasteiger partial charge in [-0.2, -0.15) is 8.42 Å². The van der Waals surface area contributed by atoms with Gasteiger partial charge in [-0.05, 0) is 44.4 Å². The summed E-state index contributed by atoms with van der Waals surface area (Å²) in [5.41, 5.74) is 7.07. The van der Waals surface area contributed by atoms with Crippen LogP contribution in [0.2, 0.25) is 0 Å². The smallest absolute Gasteiger partial charge is 0.344 e. The van der Waals surface area contributed by atoms with Crippen molar-refractivity contribution in [1.82, 2.24) is 4.90 Å². The van der Waals surface area contributed by atoms with Gasteiger partial charge in [0.05, 0.1) is 23.3 Å². The van der Waals surface area contributed by atoms with E-state index >= 15 is 0 Å². The van der Waals surface area contributed by atoms with Crippen molar-refractivity contribution in [2.75, 3.05) is 24.4 Å². The van der Waals surface area contributed by atoms with Crippen LogP contribution in [0.1, 0.15) is 37.8 Å². The van der Waals surface area contributed by atoms with Gasteiger partial charge in [-0.3, -0.25) is 9.52 Å². The molecular weight excluding hydrogens is 428 g/mol. The van der Waals surface area contributed by atoms with Crippen LogP contribution in [0.5, 0.6) is 5.75 Å². The molecule has 0 aromatic heterocycles. The molecule has 2 aromatic rings. The number of carbonyl (C=O) groups is 1. The Hall–Kier alpha value is -3.07. The van der Waals surface area contributed by atoms with Crippen LogP contribution >= 0.6 is 0 Å². The van der Waals surface area contributed by atoms with Gasteiger partial charge in [0.1, 0.15) is 5.75 Å². The molecule has 1 fully saturated rings. The van der Waals surface area contributed by atoms with Crippen molar-refractivity contribution in [3.63, 3.8) is 0 Å². The molecule has 0 saturated carbocycles. The summed E-state index contributed by atoms with van der Waals surface area (Å²) in [6.07, 6.45) is 1.85. The van der Waals surface area contributed by atoms with Crippen molar-refractivity contribution in [2.45, 2.75) is 32.1 Å². The number of amidine groups is 1. The fraction of sp³-hybridized carbons (Fsp3) is 0.391. The molecule has 8 nitrogen and oxygen atoms in total. The first-order valence-electron chi connectivity index (χ1n) is 10.7. The molecule has 2 aliphatic heterocycles. The minimum absolute atomic E-state index is 0.0978. The summed E-state index contributed by atoms with van der Waals surface area (Å²) in [5, 5.41) is 0. The van der Waals surface area contributed by atoms with E-state index in [-0.39, 0.29) is 17.7 Å². The van der Waals surface area contributed by atoms with Gasteiger partial charge in [0.2, 0.25) is 5.91 Å². The second kappa shape index (κ2) is 8.46. The highest BCUT2D eigenvalue weighted by Gasteiger charge is 2.36. The molecule has 0 bridgehead atoms. The zero-order chi connectivity index (χ0) is 22.9. The number of carbonyl (C=O) groups excluding carboxylic acids is 1. The van der Waals surface area contributed by atoms with Crippen LogP contribution in [0.3, 0.4) is 0 Å². The number of piperidine rings is 1. The SMILES string of the molecule is CC(C)(C(=O)N1CCC[C@H](COc2cccc3c2C(N)=NS(=O)(=O)N3)C1)c1ccccc1. The van der Waals surface area contributed by atoms with Gasteiger partial charge in [0, 0.05) is 19.0 Å². The fourth-order valence-electron chi connectivity index (χ4n) is 4.30. The minimum atomic E-state index is -3.84. The number of rotatable bonds is 5. The van der Waals surface area contributed by atoms with Crippen LogP contribution in [-0.4, -0.2) is 44.8 Å². The van der Waals surface area contributed by atoms with Crippen LogP contribution in [0, 0.1) is 5.92 Å². The lowest BCUT2D eigenvalue weighted by Gasteiger charge is -2.38. The zero-order valence-corrected chi connectivity index (χ0v) is 19.1. The van der Waals surface area contributed by atoms with Crippen molar-refractivity contribution in [2.24, 2.45) is 16.0 Å². The molecule has 2 heterocycles. The summed E-state index contributed by atoms with van der Waals surface area (Å²) < 4.78 is 35.5. The number of nitrogens with two attached hydrogens (primary N) is 1. The van der Waals surface area contributed by atoms with Crippen LogP contribution in [0.4, 0.5) is 5.69 Å². The molecule has 2 aromatic carbocycles. The number of ether oxygens (including phenoxy) is 1. The Morgan fingerprint density at radius 2 is 1.97 bits per heavy atom. The average Bonchev–Trinajstić information content (AvgIpc) is 2.76. The van der Waals surface area contributed by atoms with Gasteiger partial charge >= 0.3 is 10.2 Å². The Balaban J connectivity index is 1.45. The maximum Gasteiger partial charge on any atom is 0.344 e. The molecule has 9 heteroatoms. The van der Waals surface area contributed by atoms with E-state index in [9.17, 15) is 13.2 Å². The quantitative estimate of drug-likeness (QED) is 0.718. The zero-order valence-electron chi connectivity index (χ0n) is 18.2. The molecule has 170 valence electrons. The molecule has 1 amide bonds. The van der Waals surface area contributed by atoms with E-state index in [1.165, 1.54) is 0 Å². The van der Waals surface area contributed by atoms with Crippen LogP contribution in [-0.2, 0) is 20.4 Å². The van der Waals surface area contributed by atoms with E-state index in [1.54, 1.807) is 18.2 Å². The standard InChI is InChI=1S/C23H28N4O4S/c1-23(2,17-9-4-3-5-10-17)22(28)27-13-7-8-16(14-27)15-31-19-12-6-11-18-20(19)21(24)26-32(29,30)25-18/h3-6,9-12,16,25H,7-8,13-15H2,1-2H3,(H2,24,26)/t16-/m0/s1. The van der Waals surface area contributed by atoms with Crippen molar-refractivity contribution in [1.29, 1.82) is 0 Å². The van der Waals surface area contributed by atoms with Crippen LogP contribution in [0.15, 0.2) is 52.9 Å². The first kappa shape index (κ1) is 22.1. The Morgan fingerprint density at radius 1 is 1.22 bits per heavy atom. The van der Waals surface area contributed by atoms with Gasteiger partial charge in [-0.25, -0.2) is 0 Å². The first-order chi connectivity index (χ1) is 15.2. The Kier molecular flexibility index (Phi) is 5.85. The third kappa shape index (κ3) is 4.43. The predicted octanol–water partition coefficient (Wildman–Crippen LogP) is 2.66. The van der Waals surface area contributed by atoms with Crippen LogP contribution < -0.4 is 15.2 Å². The Morgan fingerprint density at radius 3 is 2.72 bits per heavy atom. The van der Waals surface area contributed by atoms with E-state index in [2.05, 4.69) is 9.12 Å². The summed E-state index contributed by atoms with van der Waals surface area (Å²) in [5.74, 6) is 0.642. The summed E-state index contributed by atoms with van der Waals surface area (Å²) >= 11 is 0. The van der Waals surface area contributed by atoms with Crippen molar-refractivity contribution < 1.29 is 17.9 Å². The second-order valence-corrected chi connectivity index (χ2v) is 10.1. The molecule has 32 heavy (non-hydrogen) atoms. The number of hydrogen-bond donors (Lipinski definition) is 2. The molecule has 0 spiro atoms. The second-order valence-electron chi connectivity index (χ2n) is 8.79. The maximum atomic E-state index is 13.3. The molecule has 0 unspecified atom stereocenters. The molecular formula is C23H28N4O4S. The summed E-state index contributed by atoms with van der Waals surface area (Å²) in [4.78, 5) is 15.2. The van der Waals surface area contributed by atoms with E-state index in [0.717, 1.165) is 24.9 Å². The molecule has 1 atom stereocenters. The number of amides is 1. The Labute approximate surface area is 188 Å². The Bertz CT molecular complexity index is 1150. The molecule has 4 rings (SSSR count). The number of fused-ring (bicyclic) bond motifs is 1. The third-order valence-electron chi connectivity index (χ3n) is 6.05. The maximum absolute atomic E-state index is 13.3. The van der Waals surface area contributed by atoms with Crippen molar-refractivity contribution >= 4 is 27.6 Å². The number of hydrogen-bond acceptors (Lipinski definition) is 5. The number of nitrogens with zero attached hydrogens (tertiary/aromatic N) is 2. The van der Waals surface area contributed by atoms with Gasteiger partial charge in [-0.15, -0.1) is 4.40 Å². The van der Waals surface area contributed by atoms with Crippen LogP contribution in [0.25, 0.3) is 0 Å². The minimum Gasteiger partial charge on any atom is -0.492 e. The molecule has 0 aliphatic carbocycles. The molecule has 1 saturated heterocycles. The van der Waals surface area contributed by atoms with E-state index < -0.39 is 15.6 Å². The highest BCUT2D eigenvalue weighted by atomic mass is 32.2. The molecule has 3 N–H and O–H groups in total. The highest BCUT2D eigenvalue weighted by molar-refractivity contribution is 7.91. The summed E-state index contributed by atoms with van der Waals surface area (Å²) in [7, 11) is -3.84. The fourth-order valence-corrected chi connectivity index (χ4v) is 5.15. The van der Waals surface area contributed by atoms with E-state index in [1.807, 2.05) is 49.1 Å². The number of anilines is 1. The number of nitrogens with one attached hydrogen (secondary N) is 1. The summed E-state index contributed by atoms with van der Waals surface area (Å²) in [6, 6.07) is 14.9. The lowest BCUT2D eigenvalue weighted by molar-refractivity contribution is -0.138. The van der Waals surface area contributed by atoms with Crippen molar-refractivity contribution in [3.8, 4) is 5.75 Å². The van der Waals surface area contributed by atoms with Crippen molar-refractivity contribution in [3.05, 3.63) is 59.7 Å². The summed E-state index contributed by atoms with van der Waals surface area (Å²) in [6.45, 7) is 5.66. The third-order valence-corrected chi connectivity index (χ3v) is 6.97. The first-order valence-corrected chi connectivity index (χ1v) is 12.1. The lowest BCUT2D eigenvalue weighted by atomic mass is 9.82. The van der Waals surface area contributed by atoms with E-state index in [0.29, 0.717) is 30.2 Å². The lowest BCUT2D eigenvalue weighted by Crippen LogP contribution is -2.48. The van der Waals surface area contributed by atoms with Gasteiger partial charge in [0.25, 0.3) is 0 Å². The largest absolute Gasteiger partial charge is 0.492 e. The van der Waals surface area contributed by atoms with Gasteiger partial charge < -0.3 is 15.4 Å².